The van der Waals surface area contributed by atoms with E-state index in [4.69, 9.17) is 18.9 Å². The lowest BCUT2D eigenvalue weighted by Gasteiger charge is -2.24. The molecule has 7 nitrogen and oxygen atoms in total. The van der Waals surface area contributed by atoms with Crippen LogP contribution < -0.4 is 18.9 Å². The van der Waals surface area contributed by atoms with Gasteiger partial charge >= 0.3 is 0 Å². The Kier molecular flexibility index (Phi) is 6.21. The molecule has 160 valence electrons. The zero-order valence-corrected chi connectivity index (χ0v) is 17.5. The predicted molar refractivity (Wildman–Crippen MR) is 115 cm³/mol. The highest BCUT2D eigenvalue weighted by molar-refractivity contribution is 5.96. The average Bonchev–Trinajstić information content (AvgIpc) is 2.95. The minimum Gasteiger partial charge on any atom is -0.497 e. The third-order valence-corrected chi connectivity index (χ3v) is 5.02. The number of amides is 1. The van der Waals surface area contributed by atoms with Crippen molar-refractivity contribution in [3.05, 3.63) is 78.0 Å². The third kappa shape index (κ3) is 4.88. The molecule has 2 aromatic carbocycles. The van der Waals surface area contributed by atoms with Gasteiger partial charge in [0.05, 0.1) is 20.8 Å². The van der Waals surface area contributed by atoms with E-state index in [9.17, 15) is 4.79 Å². The van der Waals surface area contributed by atoms with Crippen molar-refractivity contribution >= 4 is 5.91 Å². The number of ether oxygens (including phenoxy) is 4. The molecular weight excluding hydrogens is 396 g/mol. The number of hydrogen-bond donors (Lipinski definition) is 0. The van der Waals surface area contributed by atoms with Crippen LogP contribution in [0.2, 0.25) is 0 Å². The summed E-state index contributed by atoms with van der Waals surface area (Å²) in [6.07, 6.45) is 1.24. The smallest absolute Gasteiger partial charge is 0.259 e. The summed E-state index contributed by atoms with van der Waals surface area (Å²) in [6.45, 7) is 1.09. The summed E-state index contributed by atoms with van der Waals surface area (Å²) in [5.74, 6) is 2.43. The number of aromatic nitrogens is 1. The number of carbonyl (C=O) groups excluding carboxylic acids is 1. The molecule has 1 amide bonds. The summed E-state index contributed by atoms with van der Waals surface area (Å²) in [5.41, 5.74) is 1.44. The normalized spacial score (nSPS) is 15.5. The van der Waals surface area contributed by atoms with Crippen LogP contribution in [0.4, 0.5) is 0 Å². The number of methoxy groups -OCH3 is 2. The summed E-state index contributed by atoms with van der Waals surface area (Å²) in [7, 11) is 3.25. The van der Waals surface area contributed by atoms with Crippen LogP contribution in [-0.2, 0) is 6.54 Å². The largest absolute Gasteiger partial charge is 0.497 e. The number of benzene rings is 2. The van der Waals surface area contributed by atoms with E-state index >= 15 is 0 Å². The Hall–Kier alpha value is -3.74. The van der Waals surface area contributed by atoms with Crippen LogP contribution in [-0.4, -0.2) is 49.3 Å². The molecule has 0 aliphatic carbocycles. The minimum absolute atomic E-state index is 0.120. The first-order valence-electron chi connectivity index (χ1n) is 9.97. The Morgan fingerprint density at radius 1 is 0.968 bits per heavy atom. The van der Waals surface area contributed by atoms with Crippen LogP contribution in [0.3, 0.4) is 0 Å². The van der Waals surface area contributed by atoms with Gasteiger partial charge in [0, 0.05) is 12.7 Å². The zero-order valence-electron chi connectivity index (χ0n) is 17.5. The SMILES string of the molecule is COc1ccc(CN2CC(COc3ccc(OC)cc3)Oc3ncccc3C2=O)cc1. The van der Waals surface area contributed by atoms with E-state index in [2.05, 4.69) is 4.98 Å². The van der Waals surface area contributed by atoms with Crippen LogP contribution >= 0.6 is 0 Å². The van der Waals surface area contributed by atoms with Crippen molar-refractivity contribution in [2.75, 3.05) is 27.4 Å². The molecule has 1 aliphatic rings. The molecule has 3 aromatic rings. The van der Waals surface area contributed by atoms with Crippen molar-refractivity contribution in [3.8, 4) is 23.1 Å². The van der Waals surface area contributed by atoms with Crippen LogP contribution in [0, 0.1) is 0 Å². The molecular formula is C24H24N2O5. The number of fused-ring (bicyclic) bond motifs is 1. The van der Waals surface area contributed by atoms with Crippen molar-refractivity contribution in [1.82, 2.24) is 9.88 Å². The van der Waals surface area contributed by atoms with Gasteiger partial charge in [0.15, 0.2) is 6.10 Å². The van der Waals surface area contributed by atoms with Crippen molar-refractivity contribution in [2.45, 2.75) is 12.6 Å². The van der Waals surface area contributed by atoms with E-state index in [-0.39, 0.29) is 18.6 Å². The molecule has 1 aromatic heterocycles. The summed E-state index contributed by atoms with van der Waals surface area (Å²) in [5, 5.41) is 0. The summed E-state index contributed by atoms with van der Waals surface area (Å²) in [6, 6.07) is 18.5. The summed E-state index contributed by atoms with van der Waals surface area (Å²) >= 11 is 0. The first-order valence-corrected chi connectivity index (χ1v) is 9.97. The Morgan fingerprint density at radius 3 is 2.29 bits per heavy atom. The average molecular weight is 420 g/mol. The van der Waals surface area contributed by atoms with Gasteiger partial charge < -0.3 is 23.8 Å². The van der Waals surface area contributed by atoms with Gasteiger partial charge in [-0.3, -0.25) is 4.79 Å². The van der Waals surface area contributed by atoms with Gasteiger partial charge in [0.2, 0.25) is 5.88 Å². The second-order valence-electron chi connectivity index (χ2n) is 7.12. The molecule has 7 heteroatoms. The molecule has 0 N–H and O–H groups in total. The van der Waals surface area contributed by atoms with E-state index in [1.807, 2.05) is 48.5 Å². The molecule has 0 bridgehead atoms. The highest BCUT2D eigenvalue weighted by Gasteiger charge is 2.30. The molecule has 0 fully saturated rings. The molecule has 1 atom stereocenters. The van der Waals surface area contributed by atoms with E-state index in [1.54, 1.807) is 37.4 Å². The maximum absolute atomic E-state index is 13.2. The predicted octanol–water partition coefficient (Wildman–Crippen LogP) is 3.58. The van der Waals surface area contributed by atoms with Gasteiger partial charge in [0.25, 0.3) is 5.91 Å². The van der Waals surface area contributed by atoms with Gasteiger partial charge in [0.1, 0.15) is 29.4 Å². The van der Waals surface area contributed by atoms with Crippen molar-refractivity contribution < 1.29 is 23.7 Å². The van der Waals surface area contributed by atoms with Gasteiger partial charge in [-0.05, 0) is 54.1 Å². The van der Waals surface area contributed by atoms with Gasteiger partial charge in [-0.1, -0.05) is 12.1 Å². The molecule has 0 saturated carbocycles. The van der Waals surface area contributed by atoms with E-state index in [1.165, 1.54) is 0 Å². The molecule has 0 radical (unpaired) electrons. The lowest BCUT2D eigenvalue weighted by Crippen LogP contribution is -2.39. The molecule has 4 rings (SSSR count). The van der Waals surface area contributed by atoms with Crippen molar-refractivity contribution in [1.29, 1.82) is 0 Å². The second kappa shape index (κ2) is 9.38. The number of rotatable bonds is 7. The zero-order chi connectivity index (χ0) is 21.6. The van der Waals surface area contributed by atoms with Crippen LogP contribution in [0.25, 0.3) is 0 Å². The lowest BCUT2D eigenvalue weighted by molar-refractivity contribution is 0.0626. The molecule has 0 saturated heterocycles. The first-order chi connectivity index (χ1) is 15.2. The lowest BCUT2D eigenvalue weighted by atomic mass is 10.1. The Bertz CT molecular complexity index is 1020. The van der Waals surface area contributed by atoms with Crippen LogP contribution in [0.5, 0.6) is 23.1 Å². The van der Waals surface area contributed by atoms with Gasteiger partial charge in [-0.2, -0.15) is 0 Å². The minimum atomic E-state index is -0.375. The Balaban J connectivity index is 1.52. The highest BCUT2D eigenvalue weighted by atomic mass is 16.5. The Morgan fingerprint density at radius 2 is 1.61 bits per heavy atom. The van der Waals surface area contributed by atoms with E-state index in [0.29, 0.717) is 30.3 Å². The monoisotopic (exact) mass is 420 g/mol. The summed E-state index contributed by atoms with van der Waals surface area (Å²) < 4.78 is 22.4. The topological polar surface area (TPSA) is 70.1 Å². The molecule has 1 unspecified atom stereocenters. The van der Waals surface area contributed by atoms with Gasteiger partial charge in [-0.15, -0.1) is 0 Å². The van der Waals surface area contributed by atoms with Crippen molar-refractivity contribution in [2.24, 2.45) is 0 Å². The summed E-state index contributed by atoms with van der Waals surface area (Å²) in [4.78, 5) is 19.2. The quantitative estimate of drug-likeness (QED) is 0.582. The van der Waals surface area contributed by atoms with Crippen LogP contribution in [0.15, 0.2) is 66.9 Å². The fourth-order valence-corrected chi connectivity index (χ4v) is 3.38. The van der Waals surface area contributed by atoms with E-state index in [0.717, 1.165) is 17.1 Å². The third-order valence-electron chi connectivity index (χ3n) is 5.02. The molecule has 31 heavy (non-hydrogen) atoms. The fourth-order valence-electron chi connectivity index (χ4n) is 3.38. The highest BCUT2D eigenvalue weighted by Crippen LogP contribution is 2.25. The molecule has 1 aliphatic heterocycles. The van der Waals surface area contributed by atoms with Gasteiger partial charge in [-0.25, -0.2) is 4.98 Å². The van der Waals surface area contributed by atoms with Crippen LogP contribution in [0.1, 0.15) is 15.9 Å². The number of pyridine rings is 1. The number of nitrogens with zero attached hydrogens (tertiary/aromatic N) is 2. The maximum Gasteiger partial charge on any atom is 0.259 e. The standard InChI is InChI=1S/C24H24N2O5/c1-28-18-7-5-17(6-8-18)14-26-15-21(16-30-20-11-9-19(29-2)10-12-20)31-23-22(24(26)27)4-3-13-25-23/h3-13,21H,14-16H2,1-2H3. The molecule has 2 heterocycles. The second-order valence-corrected chi connectivity index (χ2v) is 7.12. The Labute approximate surface area is 181 Å². The first kappa shape index (κ1) is 20.5. The maximum atomic E-state index is 13.2. The number of carbonyl (C=O) groups is 1. The number of hydrogen-bond acceptors (Lipinski definition) is 6. The molecule has 0 spiro atoms. The van der Waals surface area contributed by atoms with E-state index < -0.39 is 0 Å². The van der Waals surface area contributed by atoms with Crippen molar-refractivity contribution in [3.63, 3.8) is 0 Å². The fraction of sp³-hybridized carbons (Fsp3) is 0.250.